The monoisotopic (exact) mass is 402 g/mol. The molecule has 5 heteroatoms. The van der Waals surface area contributed by atoms with Crippen LogP contribution in [0.15, 0.2) is 27.1 Å². The topological polar surface area (TPSA) is 32.3 Å². The molecule has 0 atom stereocenters. The summed E-state index contributed by atoms with van der Waals surface area (Å²) in [7, 11) is 2.15. The maximum atomic E-state index is 12.1. The van der Waals surface area contributed by atoms with E-state index in [1.165, 1.54) is 25.7 Å². The van der Waals surface area contributed by atoms with Crippen LogP contribution in [0.25, 0.3) is 0 Å². The second kappa shape index (κ2) is 7.57. The molecule has 20 heavy (non-hydrogen) atoms. The molecule has 1 fully saturated rings. The molecule has 0 spiro atoms. The molecule has 0 unspecified atom stereocenters. The van der Waals surface area contributed by atoms with Gasteiger partial charge in [0.1, 0.15) is 0 Å². The zero-order chi connectivity index (χ0) is 14.5. The van der Waals surface area contributed by atoms with Crippen molar-refractivity contribution >= 4 is 37.8 Å². The predicted octanol–water partition coefficient (Wildman–Crippen LogP) is 3.82. The third-order valence-electron chi connectivity index (χ3n) is 3.87. The summed E-state index contributed by atoms with van der Waals surface area (Å²) in [5.41, 5.74) is 0.669. The van der Waals surface area contributed by atoms with Crippen molar-refractivity contribution in [2.75, 3.05) is 20.1 Å². The highest BCUT2D eigenvalue weighted by Crippen LogP contribution is 2.22. The fraction of sp³-hybridized carbons (Fsp3) is 0.533. The molecule has 0 aliphatic heterocycles. The molecule has 0 radical (unpaired) electrons. The first-order valence-electron chi connectivity index (χ1n) is 7.01. The van der Waals surface area contributed by atoms with Gasteiger partial charge >= 0.3 is 0 Å². The van der Waals surface area contributed by atoms with Gasteiger partial charge in [0, 0.05) is 28.1 Å². The fourth-order valence-electron chi connectivity index (χ4n) is 2.64. The molecule has 0 aromatic heterocycles. The Bertz CT molecular complexity index is 473. The number of carbonyl (C=O) groups is 1. The van der Waals surface area contributed by atoms with E-state index in [0.717, 1.165) is 15.5 Å². The van der Waals surface area contributed by atoms with Gasteiger partial charge in [-0.1, -0.05) is 28.8 Å². The highest BCUT2D eigenvalue weighted by Gasteiger charge is 2.19. The molecule has 1 aromatic rings. The summed E-state index contributed by atoms with van der Waals surface area (Å²) < 4.78 is 1.73. The summed E-state index contributed by atoms with van der Waals surface area (Å²) in [5.74, 6) is -0.0296. The molecule has 1 N–H and O–H groups in total. The standard InChI is InChI=1S/C15H20Br2N2O/c1-19(12-4-2-3-5-12)9-8-18-15(20)13-10-11(16)6-7-14(13)17/h6-7,10,12H,2-5,8-9H2,1H3,(H,18,20). The van der Waals surface area contributed by atoms with Gasteiger partial charge in [-0.25, -0.2) is 0 Å². The first kappa shape index (κ1) is 16.0. The van der Waals surface area contributed by atoms with Crippen molar-refractivity contribution in [3.05, 3.63) is 32.7 Å². The highest BCUT2D eigenvalue weighted by atomic mass is 79.9. The minimum atomic E-state index is -0.0296. The Labute approximate surface area is 137 Å². The lowest BCUT2D eigenvalue weighted by Crippen LogP contribution is -2.37. The quantitative estimate of drug-likeness (QED) is 0.810. The Balaban J connectivity index is 1.81. The number of carbonyl (C=O) groups excluding carboxylic acids is 1. The molecule has 1 aliphatic carbocycles. The van der Waals surface area contributed by atoms with Gasteiger partial charge in [0.2, 0.25) is 0 Å². The van der Waals surface area contributed by atoms with Gasteiger partial charge in [-0.3, -0.25) is 4.79 Å². The molecule has 0 saturated heterocycles. The van der Waals surface area contributed by atoms with E-state index in [-0.39, 0.29) is 5.91 Å². The van der Waals surface area contributed by atoms with Crippen molar-refractivity contribution < 1.29 is 4.79 Å². The lowest BCUT2D eigenvalue weighted by atomic mass is 10.2. The molecule has 110 valence electrons. The number of hydrogen-bond acceptors (Lipinski definition) is 2. The Morgan fingerprint density at radius 1 is 1.35 bits per heavy atom. The molecule has 3 nitrogen and oxygen atoms in total. The normalized spacial score (nSPS) is 15.8. The zero-order valence-electron chi connectivity index (χ0n) is 11.7. The van der Waals surface area contributed by atoms with Crippen molar-refractivity contribution in [2.45, 2.75) is 31.7 Å². The van der Waals surface area contributed by atoms with Crippen molar-refractivity contribution in [1.82, 2.24) is 10.2 Å². The number of halogens is 2. The Morgan fingerprint density at radius 3 is 2.75 bits per heavy atom. The Hall–Kier alpha value is -0.390. The molecule has 1 saturated carbocycles. The van der Waals surface area contributed by atoms with Crippen molar-refractivity contribution in [3.8, 4) is 0 Å². The number of nitrogens with one attached hydrogen (secondary N) is 1. The van der Waals surface area contributed by atoms with Crippen LogP contribution in [0, 0.1) is 0 Å². The molecule has 0 bridgehead atoms. The van der Waals surface area contributed by atoms with E-state index in [1.807, 2.05) is 18.2 Å². The van der Waals surface area contributed by atoms with E-state index in [2.05, 4.69) is 49.1 Å². The third-order valence-corrected chi connectivity index (χ3v) is 5.06. The van der Waals surface area contributed by atoms with E-state index in [0.29, 0.717) is 18.2 Å². The van der Waals surface area contributed by atoms with Crippen LogP contribution >= 0.6 is 31.9 Å². The highest BCUT2D eigenvalue weighted by molar-refractivity contribution is 9.11. The molecular formula is C15H20Br2N2O. The Kier molecular flexibility index (Phi) is 6.05. The largest absolute Gasteiger partial charge is 0.351 e. The van der Waals surface area contributed by atoms with E-state index in [9.17, 15) is 4.79 Å². The number of likely N-dealkylation sites (N-methyl/N-ethyl adjacent to an activating group) is 1. The molecule has 1 aliphatic rings. The van der Waals surface area contributed by atoms with Gasteiger partial charge in [-0.2, -0.15) is 0 Å². The van der Waals surface area contributed by atoms with Crippen LogP contribution in [0.3, 0.4) is 0 Å². The average Bonchev–Trinajstić information content (AvgIpc) is 2.95. The molecule has 2 rings (SSSR count). The van der Waals surface area contributed by atoms with Crippen LogP contribution in [-0.4, -0.2) is 37.0 Å². The summed E-state index contributed by atoms with van der Waals surface area (Å²) >= 11 is 6.81. The first-order chi connectivity index (χ1) is 9.58. The maximum Gasteiger partial charge on any atom is 0.252 e. The zero-order valence-corrected chi connectivity index (χ0v) is 14.8. The van der Waals surface area contributed by atoms with E-state index >= 15 is 0 Å². The molecular weight excluding hydrogens is 384 g/mol. The average molecular weight is 404 g/mol. The fourth-order valence-corrected chi connectivity index (χ4v) is 3.43. The van der Waals surface area contributed by atoms with Gasteiger partial charge in [0.15, 0.2) is 0 Å². The van der Waals surface area contributed by atoms with Gasteiger partial charge in [-0.15, -0.1) is 0 Å². The number of nitrogens with zero attached hydrogens (tertiary/aromatic N) is 1. The summed E-state index contributed by atoms with van der Waals surface area (Å²) in [5, 5.41) is 2.99. The van der Waals surface area contributed by atoms with Gasteiger partial charge < -0.3 is 10.2 Å². The van der Waals surface area contributed by atoms with Crippen molar-refractivity contribution in [3.63, 3.8) is 0 Å². The van der Waals surface area contributed by atoms with E-state index in [1.54, 1.807) is 0 Å². The third kappa shape index (κ3) is 4.30. The van der Waals surface area contributed by atoms with E-state index in [4.69, 9.17) is 0 Å². The van der Waals surface area contributed by atoms with Crippen LogP contribution in [0.2, 0.25) is 0 Å². The summed E-state index contributed by atoms with van der Waals surface area (Å²) in [4.78, 5) is 14.5. The summed E-state index contributed by atoms with van der Waals surface area (Å²) in [6.45, 7) is 1.59. The second-order valence-electron chi connectivity index (χ2n) is 5.30. The number of hydrogen-bond donors (Lipinski definition) is 1. The van der Waals surface area contributed by atoms with E-state index < -0.39 is 0 Å². The lowest BCUT2D eigenvalue weighted by molar-refractivity contribution is 0.0946. The van der Waals surface area contributed by atoms with Crippen LogP contribution in [0.5, 0.6) is 0 Å². The second-order valence-corrected chi connectivity index (χ2v) is 7.07. The predicted molar refractivity (Wildman–Crippen MR) is 89.1 cm³/mol. The number of benzene rings is 1. The van der Waals surface area contributed by atoms with Gasteiger partial charge in [0.25, 0.3) is 5.91 Å². The molecule has 1 aromatic carbocycles. The van der Waals surface area contributed by atoms with Crippen molar-refractivity contribution in [2.24, 2.45) is 0 Å². The summed E-state index contributed by atoms with van der Waals surface area (Å²) in [6, 6.07) is 6.32. The van der Waals surface area contributed by atoms with Crippen LogP contribution in [0.1, 0.15) is 36.0 Å². The molecule has 0 heterocycles. The minimum absolute atomic E-state index is 0.0296. The number of amides is 1. The van der Waals surface area contributed by atoms with Gasteiger partial charge in [0.05, 0.1) is 5.56 Å². The van der Waals surface area contributed by atoms with Crippen LogP contribution in [0.4, 0.5) is 0 Å². The van der Waals surface area contributed by atoms with Crippen molar-refractivity contribution in [1.29, 1.82) is 0 Å². The smallest absolute Gasteiger partial charge is 0.252 e. The summed E-state index contributed by atoms with van der Waals surface area (Å²) in [6.07, 6.45) is 5.27. The Morgan fingerprint density at radius 2 is 2.05 bits per heavy atom. The maximum absolute atomic E-state index is 12.1. The number of rotatable bonds is 5. The molecule has 1 amide bonds. The van der Waals surface area contributed by atoms with Crippen LogP contribution in [-0.2, 0) is 0 Å². The first-order valence-corrected chi connectivity index (χ1v) is 8.60. The van der Waals surface area contributed by atoms with Crippen LogP contribution < -0.4 is 5.32 Å². The minimum Gasteiger partial charge on any atom is -0.351 e. The lowest BCUT2D eigenvalue weighted by Gasteiger charge is -2.23. The van der Waals surface area contributed by atoms with Gasteiger partial charge in [-0.05, 0) is 54.0 Å². The SMILES string of the molecule is CN(CCNC(=O)c1cc(Br)ccc1Br)C1CCCC1.